The summed E-state index contributed by atoms with van der Waals surface area (Å²) >= 11 is 7.89. The molecule has 5 heteroatoms. The fourth-order valence-electron chi connectivity index (χ4n) is 1.70. The van der Waals surface area contributed by atoms with Crippen molar-refractivity contribution < 1.29 is 0 Å². The number of nitrogens with two attached hydrogens (primary N) is 1. The number of hydrogen-bond donors (Lipinski definition) is 1. The van der Waals surface area contributed by atoms with Gasteiger partial charge in [-0.2, -0.15) is 0 Å². The van der Waals surface area contributed by atoms with Gasteiger partial charge in [0.2, 0.25) is 0 Å². The van der Waals surface area contributed by atoms with Gasteiger partial charge in [-0.3, -0.25) is 0 Å². The second kappa shape index (κ2) is 6.18. The van der Waals surface area contributed by atoms with Gasteiger partial charge in [0.1, 0.15) is 5.82 Å². The minimum Gasteiger partial charge on any atom is -0.384 e. The maximum atomic E-state index is 6.10. The zero-order valence-electron chi connectivity index (χ0n) is 10.3. The zero-order valence-corrected chi connectivity index (χ0v) is 11.8. The highest BCUT2D eigenvalue weighted by Gasteiger charge is 2.07. The van der Waals surface area contributed by atoms with Crippen LogP contribution in [0.1, 0.15) is 10.6 Å². The average Bonchev–Trinajstić information content (AvgIpc) is 2.84. The Bertz CT molecular complexity index is 499. The first-order valence-corrected chi connectivity index (χ1v) is 7.03. The normalized spacial score (nSPS) is 11.1. The van der Waals surface area contributed by atoms with E-state index in [0.717, 1.165) is 25.2 Å². The number of likely N-dealkylation sites (N-methyl/N-ethyl adjacent to an activating group) is 1. The van der Waals surface area contributed by atoms with Crippen LogP contribution in [0, 0.1) is 0 Å². The summed E-state index contributed by atoms with van der Waals surface area (Å²) in [5.74, 6) is 0.515. The molecule has 18 heavy (non-hydrogen) atoms. The molecular weight excluding hydrogens is 266 g/mol. The van der Waals surface area contributed by atoms with Crippen molar-refractivity contribution in [3.63, 3.8) is 0 Å². The Labute approximate surface area is 116 Å². The number of pyridine rings is 1. The number of rotatable bonds is 5. The molecular formula is C13H16ClN3S. The number of nitrogen functional groups attached to an aromatic ring is 1. The standard InChI is InChI=1S/C13H16ClN3S/c1-17(7-6-10-3-2-8-18-10)9-12-11(14)4-5-13(15)16-12/h2-5,8H,6-7,9H2,1H3,(H2,15,16). The van der Waals surface area contributed by atoms with Crippen LogP contribution in [0.3, 0.4) is 0 Å². The number of halogens is 1. The molecule has 0 radical (unpaired) electrons. The van der Waals surface area contributed by atoms with Crippen LogP contribution in [0.15, 0.2) is 29.6 Å². The van der Waals surface area contributed by atoms with Gasteiger partial charge in [-0.25, -0.2) is 4.98 Å². The zero-order chi connectivity index (χ0) is 13.0. The van der Waals surface area contributed by atoms with Crippen molar-refractivity contribution in [2.24, 2.45) is 0 Å². The summed E-state index contributed by atoms with van der Waals surface area (Å²) in [5.41, 5.74) is 6.51. The topological polar surface area (TPSA) is 42.2 Å². The molecule has 0 unspecified atom stereocenters. The van der Waals surface area contributed by atoms with E-state index in [0.29, 0.717) is 10.8 Å². The molecule has 0 spiro atoms. The number of nitrogens with zero attached hydrogens (tertiary/aromatic N) is 2. The maximum absolute atomic E-state index is 6.10. The molecule has 0 atom stereocenters. The predicted octanol–water partition coefficient (Wildman–Crippen LogP) is 3.05. The fourth-order valence-corrected chi connectivity index (χ4v) is 2.57. The number of thiophene rings is 1. The molecule has 2 N–H and O–H groups in total. The van der Waals surface area contributed by atoms with Gasteiger partial charge in [-0.15, -0.1) is 11.3 Å². The third-order valence-electron chi connectivity index (χ3n) is 2.68. The SMILES string of the molecule is CN(CCc1cccs1)Cc1nc(N)ccc1Cl. The monoisotopic (exact) mass is 281 g/mol. The summed E-state index contributed by atoms with van der Waals surface area (Å²) in [5, 5.41) is 2.78. The number of hydrogen-bond acceptors (Lipinski definition) is 4. The summed E-state index contributed by atoms with van der Waals surface area (Å²) < 4.78 is 0. The Morgan fingerprint density at radius 2 is 2.22 bits per heavy atom. The van der Waals surface area contributed by atoms with Crippen molar-refractivity contribution in [1.29, 1.82) is 0 Å². The lowest BCUT2D eigenvalue weighted by Gasteiger charge is -2.16. The van der Waals surface area contributed by atoms with Crippen LogP contribution >= 0.6 is 22.9 Å². The molecule has 2 aromatic rings. The van der Waals surface area contributed by atoms with Crippen LogP contribution in [-0.2, 0) is 13.0 Å². The Morgan fingerprint density at radius 1 is 1.39 bits per heavy atom. The molecule has 2 rings (SSSR count). The number of aromatic nitrogens is 1. The van der Waals surface area contributed by atoms with Crippen LogP contribution in [0.2, 0.25) is 5.02 Å². The van der Waals surface area contributed by atoms with Crippen LogP contribution in [0.25, 0.3) is 0 Å². The van der Waals surface area contributed by atoms with E-state index in [1.165, 1.54) is 4.88 Å². The van der Waals surface area contributed by atoms with Gasteiger partial charge in [0, 0.05) is 18.0 Å². The average molecular weight is 282 g/mol. The van der Waals surface area contributed by atoms with E-state index in [2.05, 4.69) is 34.4 Å². The molecule has 0 fully saturated rings. The van der Waals surface area contributed by atoms with Gasteiger partial charge >= 0.3 is 0 Å². The summed E-state index contributed by atoms with van der Waals surface area (Å²) in [6, 6.07) is 7.75. The molecule has 0 aliphatic heterocycles. The molecule has 0 amide bonds. The minimum absolute atomic E-state index is 0.515. The predicted molar refractivity (Wildman–Crippen MR) is 78.0 cm³/mol. The second-order valence-electron chi connectivity index (χ2n) is 4.23. The Morgan fingerprint density at radius 3 is 2.94 bits per heavy atom. The van der Waals surface area contributed by atoms with Gasteiger partial charge in [-0.1, -0.05) is 17.7 Å². The Balaban J connectivity index is 1.90. The first-order chi connectivity index (χ1) is 8.65. The fraction of sp³-hybridized carbons (Fsp3) is 0.308. The highest BCUT2D eigenvalue weighted by atomic mass is 35.5. The maximum Gasteiger partial charge on any atom is 0.123 e. The minimum atomic E-state index is 0.515. The van der Waals surface area contributed by atoms with Crippen molar-refractivity contribution in [2.45, 2.75) is 13.0 Å². The first kappa shape index (κ1) is 13.3. The molecule has 0 aliphatic rings. The molecule has 0 aromatic carbocycles. The van der Waals surface area contributed by atoms with Gasteiger partial charge in [0.25, 0.3) is 0 Å². The summed E-state index contributed by atoms with van der Waals surface area (Å²) in [4.78, 5) is 7.86. The lowest BCUT2D eigenvalue weighted by Crippen LogP contribution is -2.21. The second-order valence-corrected chi connectivity index (χ2v) is 5.67. The molecule has 2 heterocycles. The lowest BCUT2D eigenvalue weighted by atomic mass is 10.3. The van der Waals surface area contributed by atoms with Gasteiger partial charge < -0.3 is 10.6 Å². The molecule has 0 bridgehead atoms. The van der Waals surface area contributed by atoms with E-state index in [1.54, 1.807) is 23.5 Å². The highest BCUT2D eigenvalue weighted by molar-refractivity contribution is 7.09. The third kappa shape index (κ3) is 3.70. The first-order valence-electron chi connectivity index (χ1n) is 5.77. The number of anilines is 1. The van der Waals surface area contributed by atoms with E-state index in [-0.39, 0.29) is 0 Å². The largest absolute Gasteiger partial charge is 0.384 e. The van der Waals surface area contributed by atoms with Crippen molar-refractivity contribution in [3.8, 4) is 0 Å². The van der Waals surface area contributed by atoms with Crippen LogP contribution in [0.4, 0.5) is 5.82 Å². The van der Waals surface area contributed by atoms with Crippen molar-refractivity contribution in [2.75, 3.05) is 19.3 Å². The van der Waals surface area contributed by atoms with E-state index < -0.39 is 0 Å². The molecule has 96 valence electrons. The van der Waals surface area contributed by atoms with Crippen LogP contribution < -0.4 is 5.73 Å². The van der Waals surface area contributed by atoms with Crippen molar-refractivity contribution in [3.05, 3.63) is 45.2 Å². The summed E-state index contributed by atoms with van der Waals surface area (Å²) in [6.07, 6.45) is 1.05. The van der Waals surface area contributed by atoms with Crippen LogP contribution in [0.5, 0.6) is 0 Å². The van der Waals surface area contributed by atoms with Crippen LogP contribution in [-0.4, -0.2) is 23.5 Å². The Kier molecular flexibility index (Phi) is 4.58. The van der Waals surface area contributed by atoms with Gasteiger partial charge in [0.15, 0.2) is 0 Å². The smallest absolute Gasteiger partial charge is 0.123 e. The van der Waals surface area contributed by atoms with Crippen molar-refractivity contribution in [1.82, 2.24) is 9.88 Å². The highest BCUT2D eigenvalue weighted by Crippen LogP contribution is 2.17. The molecule has 0 saturated heterocycles. The van der Waals surface area contributed by atoms with Crippen molar-refractivity contribution >= 4 is 28.8 Å². The quantitative estimate of drug-likeness (QED) is 0.916. The van der Waals surface area contributed by atoms with E-state index >= 15 is 0 Å². The lowest BCUT2D eigenvalue weighted by molar-refractivity contribution is 0.328. The van der Waals surface area contributed by atoms with Gasteiger partial charge in [0.05, 0.1) is 10.7 Å². The molecule has 3 nitrogen and oxygen atoms in total. The summed E-state index contributed by atoms with van der Waals surface area (Å²) in [6.45, 7) is 1.70. The van der Waals surface area contributed by atoms with E-state index in [4.69, 9.17) is 17.3 Å². The third-order valence-corrected chi connectivity index (χ3v) is 3.96. The molecule has 2 aromatic heterocycles. The molecule has 0 aliphatic carbocycles. The summed E-state index contributed by atoms with van der Waals surface area (Å²) in [7, 11) is 2.06. The van der Waals surface area contributed by atoms with E-state index in [1.807, 2.05) is 0 Å². The Hall–Kier alpha value is -1.10. The van der Waals surface area contributed by atoms with E-state index in [9.17, 15) is 0 Å². The van der Waals surface area contributed by atoms with Gasteiger partial charge in [-0.05, 0) is 37.0 Å². The molecule has 0 saturated carbocycles.